The van der Waals surface area contributed by atoms with E-state index in [2.05, 4.69) is 34.8 Å². The normalized spacial score (nSPS) is 23.3. The van der Waals surface area contributed by atoms with Gasteiger partial charge in [-0.2, -0.15) is 0 Å². The average Bonchev–Trinajstić information content (AvgIpc) is 2.58. The van der Waals surface area contributed by atoms with E-state index >= 15 is 0 Å². The first-order chi connectivity index (χ1) is 7.55. The molecule has 2 rings (SSSR count). The fourth-order valence-electron chi connectivity index (χ4n) is 1.83. The highest BCUT2D eigenvalue weighted by atomic mass is 79.9. The van der Waals surface area contributed by atoms with Crippen molar-refractivity contribution in [1.82, 2.24) is 4.98 Å². The molecule has 0 bridgehead atoms. The van der Waals surface area contributed by atoms with Gasteiger partial charge >= 0.3 is 0 Å². The Bertz CT molecular complexity index is 351. The van der Waals surface area contributed by atoms with Gasteiger partial charge in [0.05, 0.1) is 17.9 Å². The molecule has 0 N–H and O–H groups in total. The standard InChI is InChI=1S/C12H16BrNO2/c1-12(2)6-5-10(16-12)8-15-9-3-4-11(13)14-7-9/h3-4,7,10H,5-6,8H2,1-2H3. The number of ether oxygens (including phenoxy) is 2. The Morgan fingerprint density at radius 2 is 2.38 bits per heavy atom. The number of halogens is 1. The molecule has 0 aliphatic carbocycles. The molecule has 2 heterocycles. The maximum Gasteiger partial charge on any atom is 0.137 e. The van der Waals surface area contributed by atoms with E-state index in [1.807, 2.05) is 12.1 Å². The Labute approximate surface area is 104 Å². The summed E-state index contributed by atoms with van der Waals surface area (Å²) in [5.74, 6) is 0.788. The van der Waals surface area contributed by atoms with Crippen molar-refractivity contribution in [3.63, 3.8) is 0 Å². The summed E-state index contributed by atoms with van der Waals surface area (Å²) in [7, 11) is 0. The molecular weight excluding hydrogens is 270 g/mol. The van der Waals surface area contributed by atoms with Crippen molar-refractivity contribution in [3.05, 3.63) is 22.9 Å². The molecule has 1 aliphatic heterocycles. The van der Waals surface area contributed by atoms with Crippen molar-refractivity contribution >= 4 is 15.9 Å². The largest absolute Gasteiger partial charge is 0.489 e. The van der Waals surface area contributed by atoms with Gasteiger partial charge in [0.2, 0.25) is 0 Å². The van der Waals surface area contributed by atoms with Crippen LogP contribution in [0.5, 0.6) is 5.75 Å². The molecule has 1 aliphatic rings. The van der Waals surface area contributed by atoms with Gasteiger partial charge in [0, 0.05) is 0 Å². The van der Waals surface area contributed by atoms with Gasteiger partial charge in [-0.25, -0.2) is 4.98 Å². The van der Waals surface area contributed by atoms with Gasteiger partial charge in [0.15, 0.2) is 0 Å². The lowest BCUT2D eigenvalue weighted by molar-refractivity contribution is -0.0326. The van der Waals surface area contributed by atoms with Gasteiger partial charge < -0.3 is 9.47 Å². The van der Waals surface area contributed by atoms with E-state index in [1.54, 1.807) is 6.20 Å². The molecule has 1 fully saturated rings. The van der Waals surface area contributed by atoms with Crippen molar-refractivity contribution in [2.45, 2.75) is 38.4 Å². The summed E-state index contributed by atoms with van der Waals surface area (Å²) in [5, 5.41) is 0. The summed E-state index contributed by atoms with van der Waals surface area (Å²) < 4.78 is 12.3. The number of pyridine rings is 1. The molecular formula is C12H16BrNO2. The first kappa shape index (κ1) is 11.9. The molecule has 0 amide bonds. The second kappa shape index (κ2) is 4.72. The third kappa shape index (κ3) is 3.19. The smallest absolute Gasteiger partial charge is 0.137 e. The van der Waals surface area contributed by atoms with Crippen molar-refractivity contribution in [2.75, 3.05) is 6.61 Å². The quantitative estimate of drug-likeness (QED) is 0.800. The third-order valence-corrected chi connectivity index (χ3v) is 3.16. The van der Waals surface area contributed by atoms with Crippen LogP contribution in [0.4, 0.5) is 0 Å². The maximum absolute atomic E-state index is 5.84. The van der Waals surface area contributed by atoms with Crippen LogP contribution in [0, 0.1) is 0 Å². The van der Waals surface area contributed by atoms with Crippen LogP contribution in [0.1, 0.15) is 26.7 Å². The monoisotopic (exact) mass is 285 g/mol. The molecule has 0 aromatic carbocycles. The minimum Gasteiger partial charge on any atom is -0.489 e. The molecule has 1 atom stereocenters. The van der Waals surface area contributed by atoms with Crippen LogP contribution in [0.25, 0.3) is 0 Å². The van der Waals surface area contributed by atoms with Gasteiger partial charge in [-0.05, 0) is 54.8 Å². The molecule has 4 heteroatoms. The predicted molar refractivity (Wildman–Crippen MR) is 65.6 cm³/mol. The van der Waals surface area contributed by atoms with Gasteiger partial charge in [0.25, 0.3) is 0 Å². The Morgan fingerprint density at radius 3 is 2.94 bits per heavy atom. The second-order valence-electron chi connectivity index (χ2n) is 4.67. The molecule has 0 saturated carbocycles. The first-order valence-electron chi connectivity index (χ1n) is 5.47. The summed E-state index contributed by atoms with van der Waals surface area (Å²) >= 11 is 3.29. The predicted octanol–water partition coefficient (Wildman–Crippen LogP) is 3.18. The third-order valence-electron chi connectivity index (χ3n) is 2.69. The summed E-state index contributed by atoms with van der Waals surface area (Å²) in [5.41, 5.74) is 0.00595. The summed E-state index contributed by atoms with van der Waals surface area (Å²) in [6, 6.07) is 3.77. The van der Waals surface area contributed by atoms with Crippen LogP contribution in [0.15, 0.2) is 22.9 Å². The Kier molecular flexibility index (Phi) is 3.50. The fraction of sp³-hybridized carbons (Fsp3) is 0.583. The molecule has 0 radical (unpaired) electrons. The SMILES string of the molecule is CC1(C)CCC(COc2ccc(Br)nc2)O1. The van der Waals surface area contributed by atoms with Crippen molar-refractivity contribution in [3.8, 4) is 5.75 Å². The molecule has 0 spiro atoms. The second-order valence-corrected chi connectivity index (χ2v) is 5.48. The highest BCUT2D eigenvalue weighted by molar-refractivity contribution is 9.10. The average molecular weight is 286 g/mol. The highest BCUT2D eigenvalue weighted by Gasteiger charge is 2.31. The van der Waals surface area contributed by atoms with Gasteiger partial charge in [-0.1, -0.05) is 0 Å². The molecule has 1 unspecified atom stereocenters. The van der Waals surface area contributed by atoms with Gasteiger partial charge in [-0.3, -0.25) is 0 Å². The number of rotatable bonds is 3. The molecule has 3 nitrogen and oxygen atoms in total. The first-order valence-corrected chi connectivity index (χ1v) is 6.27. The van der Waals surface area contributed by atoms with Crippen LogP contribution in [-0.2, 0) is 4.74 Å². The van der Waals surface area contributed by atoms with Crippen molar-refractivity contribution in [1.29, 1.82) is 0 Å². The lowest BCUT2D eigenvalue weighted by atomic mass is 10.1. The van der Waals surface area contributed by atoms with Gasteiger partial charge in [0.1, 0.15) is 17.0 Å². The molecule has 1 saturated heterocycles. The van der Waals surface area contributed by atoms with E-state index < -0.39 is 0 Å². The van der Waals surface area contributed by atoms with E-state index in [4.69, 9.17) is 9.47 Å². The Hall–Kier alpha value is -0.610. The number of aromatic nitrogens is 1. The number of nitrogens with zero attached hydrogens (tertiary/aromatic N) is 1. The lowest BCUT2D eigenvalue weighted by Gasteiger charge is -2.19. The van der Waals surface area contributed by atoms with E-state index in [9.17, 15) is 0 Å². The van der Waals surface area contributed by atoms with Gasteiger partial charge in [-0.15, -0.1) is 0 Å². The van der Waals surface area contributed by atoms with Crippen LogP contribution in [0.3, 0.4) is 0 Å². The zero-order valence-corrected chi connectivity index (χ0v) is 11.2. The summed E-state index contributed by atoms with van der Waals surface area (Å²) in [4.78, 5) is 4.10. The minimum absolute atomic E-state index is 0.00595. The van der Waals surface area contributed by atoms with Crippen LogP contribution in [0.2, 0.25) is 0 Å². The zero-order valence-electron chi connectivity index (χ0n) is 9.57. The van der Waals surface area contributed by atoms with Crippen LogP contribution in [-0.4, -0.2) is 23.3 Å². The van der Waals surface area contributed by atoms with E-state index in [0.717, 1.165) is 23.2 Å². The summed E-state index contributed by atoms with van der Waals surface area (Å²) in [6.45, 7) is 4.84. The highest BCUT2D eigenvalue weighted by Crippen LogP contribution is 2.29. The Morgan fingerprint density at radius 1 is 1.56 bits per heavy atom. The fourth-order valence-corrected chi connectivity index (χ4v) is 2.07. The number of hydrogen-bond donors (Lipinski definition) is 0. The summed E-state index contributed by atoms with van der Waals surface area (Å²) in [6.07, 6.45) is 4.08. The van der Waals surface area contributed by atoms with E-state index in [1.165, 1.54) is 0 Å². The number of hydrogen-bond acceptors (Lipinski definition) is 3. The Balaban J connectivity index is 1.82. The molecule has 1 aromatic rings. The zero-order chi connectivity index (χ0) is 11.6. The van der Waals surface area contributed by atoms with E-state index in [-0.39, 0.29) is 11.7 Å². The van der Waals surface area contributed by atoms with Crippen molar-refractivity contribution in [2.24, 2.45) is 0 Å². The minimum atomic E-state index is 0.00595. The molecule has 16 heavy (non-hydrogen) atoms. The molecule has 1 aromatic heterocycles. The maximum atomic E-state index is 5.84. The van der Waals surface area contributed by atoms with Crippen molar-refractivity contribution < 1.29 is 9.47 Å². The lowest BCUT2D eigenvalue weighted by Crippen LogP contribution is -2.23. The van der Waals surface area contributed by atoms with Crippen LogP contribution < -0.4 is 4.74 Å². The van der Waals surface area contributed by atoms with E-state index in [0.29, 0.717) is 6.61 Å². The van der Waals surface area contributed by atoms with Crippen LogP contribution >= 0.6 is 15.9 Å². The topological polar surface area (TPSA) is 31.4 Å². The molecule has 88 valence electrons.